The van der Waals surface area contributed by atoms with E-state index in [2.05, 4.69) is 22.8 Å². The molecule has 0 saturated heterocycles. The van der Waals surface area contributed by atoms with Crippen molar-refractivity contribution in [1.82, 2.24) is 5.32 Å². The van der Waals surface area contributed by atoms with Crippen LogP contribution in [0.5, 0.6) is 0 Å². The minimum Gasteiger partial charge on any atom is -0.348 e. The van der Waals surface area contributed by atoms with Gasteiger partial charge in [0.25, 0.3) is 5.91 Å². The predicted molar refractivity (Wildman–Crippen MR) is 109 cm³/mol. The van der Waals surface area contributed by atoms with E-state index in [1.54, 1.807) is 17.4 Å². The molecule has 26 heavy (non-hydrogen) atoms. The molecule has 2 heterocycles. The highest BCUT2D eigenvalue weighted by atomic mass is 32.1. The summed E-state index contributed by atoms with van der Waals surface area (Å²) in [6, 6.07) is 16.1. The van der Waals surface area contributed by atoms with Crippen LogP contribution in [0.1, 0.15) is 16.7 Å². The van der Waals surface area contributed by atoms with Gasteiger partial charge in [-0.3, -0.25) is 9.59 Å². The Hall–Kier alpha value is -2.55. The van der Waals surface area contributed by atoms with Crippen molar-refractivity contribution in [3.05, 3.63) is 82.3 Å². The van der Waals surface area contributed by atoms with Gasteiger partial charge in [-0.05, 0) is 32.8 Å². The highest BCUT2D eigenvalue weighted by Gasteiger charge is 2.24. The molecular weight excluding hydrogens is 361 g/mol. The zero-order chi connectivity index (χ0) is 18.1. The van der Waals surface area contributed by atoms with Crippen LogP contribution in [-0.2, 0) is 16.1 Å². The first kappa shape index (κ1) is 16.9. The van der Waals surface area contributed by atoms with Crippen LogP contribution >= 0.6 is 19.5 Å². The van der Waals surface area contributed by atoms with Gasteiger partial charge in [-0.25, -0.2) is 0 Å². The Balaban J connectivity index is 1.52. The fourth-order valence-electron chi connectivity index (χ4n) is 2.86. The van der Waals surface area contributed by atoms with E-state index in [-0.39, 0.29) is 17.0 Å². The highest BCUT2D eigenvalue weighted by Crippen LogP contribution is 2.32. The number of rotatable bonds is 4. The lowest BCUT2D eigenvalue weighted by atomic mass is 10.1. The van der Waals surface area contributed by atoms with Crippen LogP contribution in [-0.4, -0.2) is 16.7 Å². The Labute approximate surface area is 157 Å². The molecule has 0 saturated carbocycles. The molecule has 1 N–H and O–H groups in total. The monoisotopic (exact) mass is 377 g/mol. The van der Waals surface area contributed by atoms with E-state index >= 15 is 0 Å². The second-order valence-electron chi connectivity index (χ2n) is 6.17. The van der Waals surface area contributed by atoms with Crippen LogP contribution < -0.4 is 5.32 Å². The topological polar surface area (TPSA) is 46.2 Å². The molecule has 1 aliphatic rings. The third-order valence-corrected chi connectivity index (χ3v) is 6.33. The van der Waals surface area contributed by atoms with Crippen molar-refractivity contribution < 1.29 is 9.59 Å². The molecule has 3 nitrogen and oxygen atoms in total. The summed E-state index contributed by atoms with van der Waals surface area (Å²) in [5.74, 6) is -0.308. The van der Waals surface area contributed by atoms with Crippen molar-refractivity contribution >= 4 is 46.4 Å². The maximum absolute atomic E-state index is 12.5. The van der Waals surface area contributed by atoms with E-state index in [1.807, 2.05) is 43.3 Å². The minimum absolute atomic E-state index is 0.142. The van der Waals surface area contributed by atoms with Crippen LogP contribution in [0.2, 0.25) is 0 Å². The molecule has 0 unspecified atom stereocenters. The zero-order valence-corrected chi connectivity index (χ0v) is 15.9. The van der Waals surface area contributed by atoms with Gasteiger partial charge in [0, 0.05) is 32.9 Å². The van der Waals surface area contributed by atoms with E-state index in [9.17, 15) is 9.59 Å². The summed E-state index contributed by atoms with van der Waals surface area (Å²) >= 11 is 1.65. The summed E-state index contributed by atoms with van der Waals surface area (Å²) in [6.45, 7) is 2.44. The standard InChI is InChI=1S/C21H16NO2PS/c1-13-6-8-14(9-7-13)11-22-20(23)16-10-18(25-21(16)24)17-12-26-19-5-3-2-4-15(17)19/h2-10,12H,11H2,1H3,(H,22,23). The molecule has 3 aromatic rings. The molecule has 5 heteroatoms. The van der Waals surface area contributed by atoms with Crippen molar-refractivity contribution in [1.29, 1.82) is 0 Å². The third kappa shape index (κ3) is 3.26. The van der Waals surface area contributed by atoms with E-state index in [0.29, 0.717) is 14.7 Å². The number of aryl methyl sites for hydroxylation is 1. The van der Waals surface area contributed by atoms with Gasteiger partial charge in [0.2, 0.25) is 5.52 Å². The van der Waals surface area contributed by atoms with E-state index in [1.165, 1.54) is 10.3 Å². The molecule has 1 amide bonds. The minimum atomic E-state index is -0.308. The summed E-state index contributed by atoms with van der Waals surface area (Å²) < 4.78 is 1.18. The maximum Gasteiger partial charge on any atom is 0.255 e. The van der Waals surface area contributed by atoms with E-state index in [0.717, 1.165) is 21.8 Å². The molecular formula is C21H16NO2PS. The summed E-state index contributed by atoms with van der Waals surface area (Å²) in [4.78, 5) is 24.8. The van der Waals surface area contributed by atoms with Crippen molar-refractivity contribution in [3.63, 3.8) is 0 Å². The Morgan fingerprint density at radius 3 is 2.69 bits per heavy atom. The molecule has 0 atom stereocenters. The number of thiophene rings is 1. The Kier molecular flexibility index (Phi) is 4.54. The second-order valence-corrected chi connectivity index (χ2v) is 8.20. The van der Waals surface area contributed by atoms with Crippen LogP contribution in [0.15, 0.2) is 65.6 Å². The fourth-order valence-corrected chi connectivity index (χ4v) is 4.91. The van der Waals surface area contributed by atoms with Crippen molar-refractivity contribution in [2.75, 3.05) is 0 Å². The van der Waals surface area contributed by atoms with E-state index in [4.69, 9.17) is 0 Å². The number of nitrogens with one attached hydrogen (secondary N) is 1. The van der Waals surface area contributed by atoms with Crippen molar-refractivity contribution in [2.45, 2.75) is 13.5 Å². The molecule has 0 radical (unpaired) electrons. The summed E-state index contributed by atoms with van der Waals surface area (Å²) in [7, 11) is 0.567. The molecule has 0 spiro atoms. The van der Waals surface area contributed by atoms with Crippen LogP contribution in [0, 0.1) is 6.92 Å². The molecule has 0 aliphatic carbocycles. The number of fused-ring (bicyclic) bond motifs is 1. The summed E-state index contributed by atoms with van der Waals surface area (Å²) in [5.41, 5.74) is 3.33. The Morgan fingerprint density at radius 1 is 1.12 bits per heavy atom. The Morgan fingerprint density at radius 2 is 1.88 bits per heavy atom. The lowest BCUT2D eigenvalue weighted by Gasteiger charge is -2.05. The molecule has 1 aromatic heterocycles. The van der Waals surface area contributed by atoms with Gasteiger partial charge in [0.05, 0.1) is 5.57 Å². The van der Waals surface area contributed by atoms with Gasteiger partial charge in [-0.2, -0.15) is 0 Å². The summed E-state index contributed by atoms with van der Waals surface area (Å²) in [6.07, 6.45) is 1.74. The summed E-state index contributed by atoms with van der Waals surface area (Å²) in [5, 5.41) is 6.94. The number of benzene rings is 2. The molecule has 1 aliphatic heterocycles. The first-order chi connectivity index (χ1) is 12.6. The molecule has 0 bridgehead atoms. The highest BCUT2D eigenvalue weighted by molar-refractivity contribution is 7.62. The number of allylic oxidation sites excluding steroid dienone is 1. The van der Waals surface area contributed by atoms with Crippen LogP contribution in [0.3, 0.4) is 0 Å². The predicted octanol–water partition coefficient (Wildman–Crippen LogP) is 4.46. The second kappa shape index (κ2) is 6.99. The molecule has 128 valence electrons. The average Bonchev–Trinajstić information content (AvgIpc) is 3.24. The number of hydrogen-bond donors (Lipinski definition) is 1. The van der Waals surface area contributed by atoms with Gasteiger partial charge in [-0.15, -0.1) is 11.3 Å². The van der Waals surface area contributed by atoms with E-state index < -0.39 is 0 Å². The maximum atomic E-state index is 12.5. The average molecular weight is 377 g/mol. The molecule has 0 fully saturated rings. The number of carbonyl (C=O) groups excluding carboxylic acids is 2. The lowest BCUT2D eigenvalue weighted by molar-refractivity contribution is -0.120. The lowest BCUT2D eigenvalue weighted by Crippen LogP contribution is -2.26. The Bertz CT molecular complexity index is 1080. The van der Waals surface area contributed by atoms with Crippen molar-refractivity contribution in [3.8, 4) is 0 Å². The van der Waals surface area contributed by atoms with Gasteiger partial charge in [0.1, 0.15) is 0 Å². The number of carbonyl (C=O) groups is 2. The van der Waals surface area contributed by atoms with Gasteiger partial charge in [-0.1, -0.05) is 48.0 Å². The first-order valence-electron chi connectivity index (χ1n) is 8.27. The molecule has 4 rings (SSSR count). The van der Waals surface area contributed by atoms with Gasteiger partial charge in [0.15, 0.2) is 0 Å². The first-order valence-corrected chi connectivity index (χ1v) is 10.0. The van der Waals surface area contributed by atoms with Crippen LogP contribution in [0.4, 0.5) is 0 Å². The van der Waals surface area contributed by atoms with Crippen molar-refractivity contribution in [2.24, 2.45) is 0 Å². The normalized spacial score (nSPS) is 14.3. The van der Waals surface area contributed by atoms with Crippen LogP contribution in [0.25, 0.3) is 10.1 Å². The molecule has 2 aromatic carbocycles. The van der Waals surface area contributed by atoms with Gasteiger partial charge < -0.3 is 5.32 Å². The smallest absolute Gasteiger partial charge is 0.255 e. The largest absolute Gasteiger partial charge is 0.348 e. The quantitative estimate of drug-likeness (QED) is 0.539. The third-order valence-electron chi connectivity index (χ3n) is 4.31. The number of amides is 1. The number of hydrogen-bond acceptors (Lipinski definition) is 3. The SMILES string of the molecule is Cc1ccc(CNC(=O)C2=CC(c3csc4ccccc34)=PC2=O)cc1. The van der Waals surface area contributed by atoms with Gasteiger partial charge >= 0.3 is 0 Å². The zero-order valence-electron chi connectivity index (χ0n) is 14.2. The fraction of sp³-hybridized carbons (Fsp3) is 0.0952.